The molecule has 0 unspecified atom stereocenters. The van der Waals surface area contributed by atoms with Gasteiger partial charge in [-0.1, -0.05) is 16.7 Å². The molecule has 0 radical (unpaired) electrons. The number of carbonyl (C=O) groups is 1. The quantitative estimate of drug-likeness (QED) is 0.205. The molecule has 0 aromatic carbocycles. The second kappa shape index (κ2) is 14.1. The van der Waals surface area contributed by atoms with Crippen molar-refractivity contribution in [1.82, 2.24) is 0 Å². The number of hydrogen-bond acceptors (Lipinski definition) is 6. The summed E-state index contributed by atoms with van der Waals surface area (Å²) in [6.45, 7) is 17.6. The molecule has 0 bridgehead atoms. The highest BCUT2D eigenvalue weighted by Gasteiger charge is 2.29. The topological polar surface area (TPSA) is 118 Å². The highest BCUT2D eigenvalue weighted by molar-refractivity contribution is 6.60. The molecule has 0 aromatic heterocycles. The maximum atomic E-state index is 9.90. The Labute approximate surface area is 152 Å². The van der Waals surface area contributed by atoms with E-state index in [1.807, 2.05) is 0 Å². The number of aliphatic hydroxyl groups is 5. The minimum Gasteiger partial charge on any atom is -0.394 e. The van der Waals surface area contributed by atoms with E-state index in [0.717, 1.165) is 0 Å². The predicted octanol–water partition coefficient (Wildman–Crippen LogP) is 0.563. The number of carbonyl (C=O) groups excluding carboxylic acids is 1. The molecule has 0 aromatic rings. The van der Waals surface area contributed by atoms with Crippen LogP contribution in [0, 0.1) is 0 Å². The highest BCUT2D eigenvalue weighted by atomic mass is 28.3. The van der Waals surface area contributed by atoms with Crippen molar-refractivity contribution in [3.8, 4) is 0 Å². The molecular weight excluding hydrogens is 340 g/mol. The lowest BCUT2D eigenvalue weighted by Gasteiger charge is -2.22. The van der Waals surface area contributed by atoms with E-state index in [4.69, 9.17) is 25.5 Å². The van der Waals surface area contributed by atoms with Crippen molar-refractivity contribution in [3.05, 3.63) is 36.5 Å². The third-order valence-electron chi connectivity index (χ3n) is 3.33. The maximum Gasteiger partial charge on any atom is 0.151 e. The molecule has 0 rings (SSSR count). The summed E-state index contributed by atoms with van der Waals surface area (Å²) in [7, 11) is -0.706. The second-order valence-corrected chi connectivity index (χ2v) is 9.66. The Morgan fingerprint density at radius 3 is 1.48 bits per heavy atom. The van der Waals surface area contributed by atoms with E-state index in [2.05, 4.69) is 40.5 Å². The number of allylic oxidation sites excluding steroid dienone is 3. The van der Waals surface area contributed by atoms with Gasteiger partial charge < -0.3 is 30.3 Å². The van der Waals surface area contributed by atoms with Crippen molar-refractivity contribution in [2.75, 3.05) is 6.61 Å². The van der Waals surface area contributed by atoms with E-state index in [1.54, 1.807) is 0 Å². The molecule has 146 valence electrons. The van der Waals surface area contributed by atoms with E-state index in [9.17, 15) is 4.79 Å². The summed E-state index contributed by atoms with van der Waals surface area (Å²) >= 11 is 0. The van der Waals surface area contributed by atoms with E-state index in [0.29, 0.717) is 0 Å². The molecular formula is C18H34O6Si. The number of aliphatic hydroxyl groups excluding tert-OH is 5. The lowest BCUT2D eigenvalue weighted by molar-refractivity contribution is -0.136. The number of rotatable bonds is 11. The Morgan fingerprint density at radius 1 is 0.880 bits per heavy atom. The zero-order valence-corrected chi connectivity index (χ0v) is 16.7. The average molecular weight is 375 g/mol. The van der Waals surface area contributed by atoms with Crippen LogP contribution in [0.5, 0.6) is 0 Å². The van der Waals surface area contributed by atoms with Gasteiger partial charge in [0.25, 0.3) is 0 Å². The van der Waals surface area contributed by atoms with Gasteiger partial charge >= 0.3 is 0 Å². The molecule has 6 nitrogen and oxygen atoms in total. The largest absolute Gasteiger partial charge is 0.394 e. The summed E-state index contributed by atoms with van der Waals surface area (Å²) < 4.78 is 0. The van der Waals surface area contributed by atoms with Gasteiger partial charge in [-0.05, 0) is 38.9 Å². The smallest absolute Gasteiger partial charge is 0.151 e. The van der Waals surface area contributed by atoms with Gasteiger partial charge in [-0.15, -0.1) is 19.7 Å². The van der Waals surface area contributed by atoms with Gasteiger partial charge in [-0.25, -0.2) is 0 Å². The van der Waals surface area contributed by atoms with Crippen LogP contribution in [-0.2, 0) is 4.79 Å². The zero-order valence-electron chi connectivity index (χ0n) is 15.6. The van der Waals surface area contributed by atoms with Crippen molar-refractivity contribution in [2.45, 2.75) is 63.3 Å². The Hall–Kier alpha value is -1.09. The van der Waals surface area contributed by atoms with Crippen molar-refractivity contribution in [2.24, 2.45) is 0 Å². The van der Waals surface area contributed by atoms with Crippen molar-refractivity contribution in [1.29, 1.82) is 0 Å². The summed E-state index contributed by atoms with van der Waals surface area (Å²) in [6.07, 6.45) is -6.84. The van der Waals surface area contributed by atoms with E-state index >= 15 is 0 Å². The fourth-order valence-corrected chi connectivity index (χ4v) is 5.70. The molecule has 0 fully saturated rings. The van der Waals surface area contributed by atoms with E-state index in [-0.39, 0.29) is 6.29 Å². The third-order valence-corrected chi connectivity index (χ3v) is 7.15. The van der Waals surface area contributed by atoms with Crippen LogP contribution in [0.25, 0.3) is 0 Å². The van der Waals surface area contributed by atoms with Gasteiger partial charge in [0.05, 0.1) is 6.61 Å². The standard InChI is InChI=1S/C12H22Si.C6H12O6/c1-10(2)7-13(8-11(3)4)9-12(5)6;7-1-3(9)5(11)6(12)4(10)2-8/h13H,1,3,5,7-9H2,2,4,6H3;1,3-6,8-12H,2H2/t;3-,4+,5+,6-/m.0/s1. The maximum absolute atomic E-state index is 9.90. The first-order valence-electron chi connectivity index (χ1n) is 8.17. The van der Waals surface area contributed by atoms with Crippen LogP contribution in [0.1, 0.15) is 20.8 Å². The molecule has 0 heterocycles. The van der Waals surface area contributed by atoms with Gasteiger partial charge in [-0.3, -0.25) is 0 Å². The van der Waals surface area contributed by atoms with Crippen LogP contribution < -0.4 is 0 Å². The highest BCUT2D eigenvalue weighted by Crippen LogP contribution is 2.18. The normalized spacial score (nSPS) is 15.4. The zero-order chi connectivity index (χ0) is 20.2. The molecule has 0 aliphatic carbocycles. The fraction of sp³-hybridized carbons (Fsp3) is 0.611. The van der Waals surface area contributed by atoms with Crippen LogP contribution in [0.15, 0.2) is 36.5 Å². The number of aldehydes is 1. The minimum absolute atomic E-state index is 0.0258. The molecule has 4 atom stereocenters. The molecule has 0 spiro atoms. The van der Waals surface area contributed by atoms with Crippen LogP contribution in [0.4, 0.5) is 0 Å². The minimum atomic E-state index is -1.79. The second-order valence-electron chi connectivity index (χ2n) is 6.71. The van der Waals surface area contributed by atoms with Gasteiger partial charge in [0.15, 0.2) is 6.29 Å². The molecule has 25 heavy (non-hydrogen) atoms. The van der Waals surface area contributed by atoms with Gasteiger partial charge in [0.1, 0.15) is 24.4 Å². The van der Waals surface area contributed by atoms with Crippen LogP contribution in [0.2, 0.25) is 18.1 Å². The molecule has 0 saturated heterocycles. The lowest BCUT2D eigenvalue weighted by atomic mass is 10.0. The van der Waals surface area contributed by atoms with Gasteiger partial charge in [-0.2, -0.15) is 0 Å². The van der Waals surface area contributed by atoms with E-state index in [1.165, 1.54) is 34.9 Å². The van der Waals surface area contributed by atoms with Crippen LogP contribution in [0.3, 0.4) is 0 Å². The number of hydrogen-bond donors (Lipinski definition) is 5. The van der Waals surface area contributed by atoms with E-state index < -0.39 is 39.8 Å². The molecule has 0 saturated carbocycles. The summed E-state index contributed by atoms with van der Waals surface area (Å²) in [5, 5.41) is 43.5. The average Bonchev–Trinajstić information content (AvgIpc) is 2.50. The Kier molecular flexibility index (Phi) is 14.8. The summed E-state index contributed by atoms with van der Waals surface area (Å²) in [6, 6.07) is 3.71. The first kappa shape index (κ1) is 26.1. The summed E-state index contributed by atoms with van der Waals surface area (Å²) in [4.78, 5) is 9.90. The first-order chi connectivity index (χ1) is 11.5. The Bertz CT molecular complexity index is 399. The summed E-state index contributed by atoms with van der Waals surface area (Å²) in [5.74, 6) is 0. The van der Waals surface area contributed by atoms with Crippen LogP contribution >= 0.6 is 0 Å². The fourth-order valence-electron chi connectivity index (χ4n) is 2.31. The molecule has 0 amide bonds. The van der Waals surface area contributed by atoms with Crippen molar-refractivity contribution >= 4 is 15.1 Å². The predicted molar refractivity (Wildman–Crippen MR) is 103 cm³/mol. The van der Waals surface area contributed by atoms with Gasteiger partial charge in [0.2, 0.25) is 0 Å². The van der Waals surface area contributed by atoms with Crippen LogP contribution in [-0.4, -0.2) is 71.6 Å². The summed E-state index contributed by atoms with van der Waals surface area (Å²) in [5.41, 5.74) is 3.96. The monoisotopic (exact) mass is 374 g/mol. The molecule has 0 aliphatic heterocycles. The first-order valence-corrected chi connectivity index (χ1v) is 10.6. The lowest BCUT2D eigenvalue weighted by Crippen LogP contribution is -2.46. The molecule has 7 heteroatoms. The molecule has 0 aliphatic rings. The third kappa shape index (κ3) is 13.8. The Morgan fingerprint density at radius 2 is 1.24 bits per heavy atom. The Balaban J connectivity index is 0. The molecule has 5 N–H and O–H groups in total. The van der Waals surface area contributed by atoms with Gasteiger partial charge in [0, 0.05) is 8.80 Å². The van der Waals surface area contributed by atoms with Crippen molar-refractivity contribution in [3.63, 3.8) is 0 Å². The van der Waals surface area contributed by atoms with Crippen molar-refractivity contribution < 1.29 is 30.3 Å². The SMILES string of the molecule is C=C(C)C[SiH](CC(=C)C)CC(=C)C.O=C[C@H](O)[C@@H](O)[C@@H](O)[C@H](O)CO.